The van der Waals surface area contributed by atoms with Gasteiger partial charge in [-0.25, -0.2) is 0 Å². The van der Waals surface area contributed by atoms with Crippen molar-refractivity contribution in [3.63, 3.8) is 0 Å². The molecule has 2 aromatic rings. The lowest BCUT2D eigenvalue weighted by Gasteiger charge is -2.16. The minimum absolute atomic E-state index is 0.406. The lowest BCUT2D eigenvalue weighted by molar-refractivity contribution is 0.467. The van der Waals surface area contributed by atoms with E-state index in [0.717, 1.165) is 23.5 Å². The van der Waals surface area contributed by atoms with Gasteiger partial charge in [0.2, 0.25) is 0 Å². The van der Waals surface area contributed by atoms with E-state index in [0.29, 0.717) is 17.5 Å². The van der Waals surface area contributed by atoms with Gasteiger partial charge in [0.25, 0.3) is 0 Å². The van der Waals surface area contributed by atoms with Gasteiger partial charge >= 0.3 is 0 Å². The molecule has 0 aliphatic heterocycles. The molecule has 0 aliphatic carbocycles. The van der Waals surface area contributed by atoms with Gasteiger partial charge in [-0.2, -0.15) is 0 Å². The van der Waals surface area contributed by atoms with Crippen molar-refractivity contribution in [2.75, 3.05) is 6.54 Å². The lowest BCUT2D eigenvalue weighted by atomic mass is 10.0. The van der Waals surface area contributed by atoms with Crippen molar-refractivity contribution in [2.24, 2.45) is 5.73 Å². The van der Waals surface area contributed by atoms with E-state index < -0.39 is 0 Å². The molecule has 20 heavy (non-hydrogen) atoms. The Balaban J connectivity index is 2.36. The molecule has 0 spiro atoms. The Morgan fingerprint density at radius 3 is 2.55 bits per heavy atom. The number of hydrogen-bond donors (Lipinski definition) is 1. The van der Waals surface area contributed by atoms with Crippen LogP contribution in [-0.2, 0) is 6.42 Å². The van der Waals surface area contributed by atoms with Crippen LogP contribution in [0.5, 0.6) is 11.5 Å². The van der Waals surface area contributed by atoms with Gasteiger partial charge in [0.1, 0.15) is 11.5 Å². The number of para-hydroxylation sites is 1. The van der Waals surface area contributed by atoms with Crippen LogP contribution in [0.4, 0.5) is 0 Å². The number of halogens is 1. The Morgan fingerprint density at radius 1 is 1.10 bits per heavy atom. The second-order valence-corrected chi connectivity index (χ2v) is 5.52. The van der Waals surface area contributed by atoms with Gasteiger partial charge in [-0.3, -0.25) is 0 Å². The highest BCUT2D eigenvalue weighted by molar-refractivity contribution is 6.30. The standard InChI is InChI=1S/C17H20ClNO/c1-12(2)15-5-3-4-6-16(15)20-17-11-14(18)8-7-13(17)9-10-19/h3-8,11-12H,9-10,19H2,1-2H3. The van der Waals surface area contributed by atoms with E-state index in [1.807, 2.05) is 36.4 Å². The first-order chi connectivity index (χ1) is 9.61. The maximum absolute atomic E-state index is 6.10. The summed E-state index contributed by atoms with van der Waals surface area (Å²) < 4.78 is 6.10. The van der Waals surface area contributed by atoms with E-state index in [2.05, 4.69) is 19.9 Å². The molecule has 106 valence electrons. The van der Waals surface area contributed by atoms with Crippen LogP contribution in [0.3, 0.4) is 0 Å². The normalized spacial score (nSPS) is 10.8. The smallest absolute Gasteiger partial charge is 0.132 e. The molecule has 0 radical (unpaired) electrons. The molecule has 2 nitrogen and oxygen atoms in total. The molecule has 0 atom stereocenters. The number of hydrogen-bond acceptors (Lipinski definition) is 2. The van der Waals surface area contributed by atoms with E-state index in [-0.39, 0.29) is 0 Å². The Hall–Kier alpha value is -1.51. The topological polar surface area (TPSA) is 35.2 Å². The minimum atomic E-state index is 0.406. The number of rotatable bonds is 5. The van der Waals surface area contributed by atoms with Crippen molar-refractivity contribution in [2.45, 2.75) is 26.2 Å². The fourth-order valence-electron chi connectivity index (χ4n) is 2.15. The number of ether oxygens (including phenoxy) is 1. The highest BCUT2D eigenvalue weighted by Gasteiger charge is 2.10. The zero-order valence-corrected chi connectivity index (χ0v) is 12.7. The van der Waals surface area contributed by atoms with Gasteiger partial charge in [-0.05, 0) is 48.2 Å². The van der Waals surface area contributed by atoms with Gasteiger partial charge in [0, 0.05) is 5.02 Å². The molecular formula is C17H20ClNO. The van der Waals surface area contributed by atoms with Crippen LogP contribution in [0.15, 0.2) is 42.5 Å². The Morgan fingerprint density at radius 2 is 1.85 bits per heavy atom. The molecule has 0 bridgehead atoms. The maximum Gasteiger partial charge on any atom is 0.132 e. The van der Waals surface area contributed by atoms with Crippen molar-refractivity contribution < 1.29 is 4.74 Å². The monoisotopic (exact) mass is 289 g/mol. The van der Waals surface area contributed by atoms with Gasteiger partial charge in [-0.15, -0.1) is 0 Å². The molecule has 2 aromatic carbocycles. The van der Waals surface area contributed by atoms with Crippen molar-refractivity contribution in [3.8, 4) is 11.5 Å². The van der Waals surface area contributed by atoms with Crippen molar-refractivity contribution in [1.29, 1.82) is 0 Å². The summed E-state index contributed by atoms with van der Waals surface area (Å²) in [6.45, 7) is 4.89. The fraction of sp³-hybridized carbons (Fsp3) is 0.294. The molecule has 0 fully saturated rings. The first-order valence-corrected chi connectivity index (χ1v) is 7.25. The van der Waals surface area contributed by atoms with Gasteiger partial charge in [-0.1, -0.05) is 49.7 Å². The Labute approximate surface area is 125 Å². The highest BCUT2D eigenvalue weighted by atomic mass is 35.5. The summed E-state index contributed by atoms with van der Waals surface area (Å²) in [5, 5.41) is 0.669. The van der Waals surface area contributed by atoms with Crippen LogP contribution in [0.2, 0.25) is 5.02 Å². The largest absolute Gasteiger partial charge is 0.457 e. The average molecular weight is 290 g/mol. The molecule has 2 rings (SSSR count). The summed E-state index contributed by atoms with van der Waals surface area (Å²) in [6.07, 6.45) is 0.774. The van der Waals surface area contributed by atoms with E-state index in [9.17, 15) is 0 Å². The van der Waals surface area contributed by atoms with Crippen molar-refractivity contribution >= 4 is 11.6 Å². The first kappa shape index (κ1) is 14.9. The minimum Gasteiger partial charge on any atom is -0.457 e. The molecule has 0 aliphatic rings. The van der Waals surface area contributed by atoms with E-state index in [1.165, 1.54) is 5.56 Å². The van der Waals surface area contributed by atoms with Crippen LogP contribution in [0.25, 0.3) is 0 Å². The van der Waals surface area contributed by atoms with E-state index >= 15 is 0 Å². The van der Waals surface area contributed by atoms with Crippen LogP contribution in [0.1, 0.15) is 30.9 Å². The Kier molecular flexibility index (Phi) is 5.05. The van der Waals surface area contributed by atoms with Gasteiger partial charge in [0.05, 0.1) is 0 Å². The molecule has 0 amide bonds. The highest BCUT2D eigenvalue weighted by Crippen LogP contribution is 2.33. The lowest BCUT2D eigenvalue weighted by Crippen LogP contribution is -2.04. The summed E-state index contributed by atoms with van der Waals surface area (Å²) in [6, 6.07) is 13.8. The van der Waals surface area contributed by atoms with Gasteiger partial charge in [0.15, 0.2) is 0 Å². The number of benzene rings is 2. The van der Waals surface area contributed by atoms with E-state index in [1.54, 1.807) is 0 Å². The van der Waals surface area contributed by atoms with Crippen molar-refractivity contribution in [3.05, 3.63) is 58.6 Å². The van der Waals surface area contributed by atoms with Gasteiger partial charge < -0.3 is 10.5 Å². The number of nitrogens with two attached hydrogens (primary N) is 1. The summed E-state index contributed by atoms with van der Waals surface area (Å²) >= 11 is 6.07. The maximum atomic E-state index is 6.10. The third kappa shape index (κ3) is 3.53. The van der Waals surface area contributed by atoms with Crippen LogP contribution in [0, 0.1) is 0 Å². The predicted octanol–water partition coefficient (Wildman–Crippen LogP) is 4.76. The second-order valence-electron chi connectivity index (χ2n) is 5.09. The second kappa shape index (κ2) is 6.78. The molecular weight excluding hydrogens is 270 g/mol. The average Bonchev–Trinajstić information content (AvgIpc) is 2.42. The summed E-state index contributed by atoms with van der Waals surface area (Å²) in [7, 11) is 0. The molecule has 0 unspecified atom stereocenters. The molecule has 0 saturated heterocycles. The zero-order chi connectivity index (χ0) is 14.5. The molecule has 0 saturated carbocycles. The van der Waals surface area contributed by atoms with Crippen molar-refractivity contribution in [1.82, 2.24) is 0 Å². The van der Waals surface area contributed by atoms with Crippen LogP contribution in [-0.4, -0.2) is 6.54 Å². The zero-order valence-electron chi connectivity index (χ0n) is 11.9. The fourth-order valence-corrected chi connectivity index (χ4v) is 2.32. The van der Waals surface area contributed by atoms with Crippen LogP contribution >= 0.6 is 11.6 Å². The van der Waals surface area contributed by atoms with E-state index in [4.69, 9.17) is 22.1 Å². The summed E-state index contributed by atoms with van der Waals surface area (Å²) in [5.74, 6) is 2.07. The Bertz CT molecular complexity index is 581. The molecule has 0 aromatic heterocycles. The SMILES string of the molecule is CC(C)c1ccccc1Oc1cc(Cl)ccc1CCN. The summed E-state index contributed by atoms with van der Waals surface area (Å²) in [5.41, 5.74) is 7.92. The third-order valence-electron chi connectivity index (χ3n) is 3.20. The molecule has 2 N–H and O–H groups in total. The molecule has 0 heterocycles. The first-order valence-electron chi connectivity index (χ1n) is 6.87. The predicted molar refractivity (Wildman–Crippen MR) is 84.8 cm³/mol. The molecule has 3 heteroatoms. The third-order valence-corrected chi connectivity index (χ3v) is 3.44. The van der Waals surface area contributed by atoms with Crippen LogP contribution < -0.4 is 10.5 Å². The summed E-state index contributed by atoms with van der Waals surface area (Å²) in [4.78, 5) is 0. The quantitative estimate of drug-likeness (QED) is 0.861.